The van der Waals surface area contributed by atoms with E-state index in [0.29, 0.717) is 12.5 Å². The molecule has 0 unspecified atom stereocenters. The summed E-state index contributed by atoms with van der Waals surface area (Å²) in [4.78, 5) is 13.7. The van der Waals surface area contributed by atoms with Crippen molar-refractivity contribution in [2.24, 2.45) is 5.92 Å². The molecule has 20 heavy (non-hydrogen) atoms. The zero-order chi connectivity index (χ0) is 14.4. The van der Waals surface area contributed by atoms with Gasteiger partial charge in [-0.2, -0.15) is 0 Å². The number of carbonyl (C=O) groups excluding carboxylic acids is 1. The van der Waals surface area contributed by atoms with Gasteiger partial charge in [-0.25, -0.2) is 0 Å². The molecule has 1 aliphatic rings. The number of likely N-dealkylation sites (tertiary alicyclic amines) is 1. The van der Waals surface area contributed by atoms with E-state index in [1.807, 2.05) is 12.1 Å². The third kappa shape index (κ3) is 3.97. The summed E-state index contributed by atoms with van der Waals surface area (Å²) in [7, 11) is 3.41. The number of nitrogens with one attached hydrogen (secondary N) is 1. The Morgan fingerprint density at radius 1 is 1.45 bits per heavy atom. The summed E-state index contributed by atoms with van der Waals surface area (Å²) in [5, 5.41) is 2.69. The number of hydrogen-bond acceptors (Lipinski definition) is 3. The van der Waals surface area contributed by atoms with E-state index in [0.717, 1.165) is 31.7 Å². The molecule has 1 atom stereocenters. The average Bonchev–Trinajstić information content (AvgIpc) is 2.48. The van der Waals surface area contributed by atoms with Crippen LogP contribution in [-0.2, 0) is 11.2 Å². The maximum absolute atomic E-state index is 11.5. The van der Waals surface area contributed by atoms with Crippen molar-refractivity contribution in [2.75, 3.05) is 33.8 Å². The molecule has 1 heterocycles. The molecule has 1 amide bonds. The summed E-state index contributed by atoms with van der Waals surface area (Å²) in [5.74, 6) is 1.67. The normalized spacial score (nSPS) is 19.6. The number of nitrogens with zero attached hydrogens (tertiary/aromatic N) is 1. The third-order valence-electron chi connectivity index (χ3n) is 3.95. The zero-order valence-corrected chi connectivity index (χ0v) is 12.4. The molecule has 1 aliphatic heterocycles. The first-order valence-corrected chi connectivity index (χ1v) is 7.27. The molecule has 4 nitrogen and oxygen atoms in total. The molecule has 4 heteroatoms. The molecule has 2 rings (SSSR count). The number of piperidine rings is 1. The highest BCUT2D eigenvalue weighted by molar-refractivity contribution is 5.77. The van der Waals surface area contributed by atoms with Crippen LogP contribution in [0.1, 0.15) is 18.4 Å². The molecular formula is C16H24N2O2. The van der Waals surface area contributed by atoms with Gasteiger partial charge in [0.25, 0.3) is 0 Å². The van der Waals surface area contributed by atoms with Crippen molar-refractivity contribution in [1.82, 2.24) is 10.2 Å². The lowest BCUT2D eigenvalue weighted by atomic mass is 9.91. The molecule has 0 bridgehead atoms. The van der Waals surface area contributed by atoms with E-state index in [-0.39, 0.29) is 5.91 Å². The van der Waals surface area contributed by atoms with E-state index in [2.05, 4.69) is 22.3 Å². The fourth-order valence-electron chi connectivity index (χ4n) is 2.93. The number of rotatable bonds is 5. The number of para-hydroxylation sites is 1. The Kier molecular flexibility index (Phi) is 5.41. The number of carbonyl (C=O) groups is 1. The lowest BCUT2D eigenvalue weighted by Crippen LogP contribution is -2.42. The monoisotopic (exact) mass is 276 g/mol. The van der Waals surface area contributed by atoms with Crippen molar-refractivity contribution in [3.05, 3.63) is 29.8 Å². The first kappa shape index (κ1) is 14.9. The van der Waals surface area contributed by atoms with E-state index in [1.54, 1.807) is 14.2 Å². The van der Waals surface area contributed by atoms with E-state index in [9.17, 15) is 4.79 Å². The van der Waals surface area contributed by atoms with Gasteiger partial charge in [-0.05, 0) is 43.4 Å². The molecule has 0 saturated carbocycles. The summed E-state index contributed by atoms with van der Waals surface area (Å²) >= 11 is 0. The van der Waals surface area contributed by atoms with Gasteiger partial charge in [-0.1, -0.05) is 18.2 Å². The SMILES string of the molecule is CNC(=O)CN1CCC[C@@H](Cc2ccccc2OC)C1. The molecule has 1 fully saturated rings. The molecule has 1 N–H and O–H groups in total. The third-order valence-corrected chi connectivity index (χ3v) is 3.95. The molecule has 1 aromatic rings. The molecule has 0 aliphatic carbocycles. The highest BCUT2D eigenvalue weighted by Gasteiger charge is 2.22. The van der Waals surface area contributed by atoms with Crippen LogP contribution < -0.4 is 10.1 Å². The van der Waals surface area contributed by atoms with Crippen molar-refractivity contribution in [3.8, 4) is 5.75 Å². The van der Waals surface area contributed by atoms with Crippen LogP contribution in [0.25, 0.3) is 0 Å². The van der Waals surface area contributed by atoms with E-state index in [4.69, 9.17) is 4.74 Å². The van der Waals surface area contributed by atoms with E-state index >= 15 is 0 Å². The van der Waals surface area contributed by atoms with Crippen molar-refractivity contribution in [1.29, 1.82) is 0 Å². The summed E-state index contributed by atoms with van der Waals surface area (Å²) in [6.07, 6.45) is 3.41. The Morgan fingerprint density at radius 3 is 3.00 bits per heavy atom. The largest absolute Gasteiger partial charge is 0.496 e. The molecule has 0 radical (unpaired) electrons. The van der Waals surface area contributed by atoms with Crippen molar-refractivity contribution in [2.45, 2.75) is 19.3 Å². The van der Waals surface area contributed by atoms with Gasteiger partial charge in [-0.15, -0.1) is 0 Å². The number of hydrogen-bond donors (Lipinski definition) is 1. The minimum atomic E-state index is 0.0999. The van der Waals surface area contributed by atoms with Crippen LogP contribution in [0.3, 0.4) is 0 Å². The second-order valence-corrected chi connectivity index (χ2v) is 5.43. The van der Waals surface area contributed by atoms with Gasteiger partial charge in [0.1, 0.15) is 5.75 Å². The van der Waals surface area contributed by atoms with Crippen molar-refractivity contribution < 1.29 is 9.53 Å². The molecule has 0 aromatic heterocycles. The number of likely N-dealkylation sites (N-methyl/N-ethyl adjacent to an activating group) is 1. The summed E-state index contributed by atoms with van der Waals surface area (Å²) in [6, 6.07) is 8.21. The quantitative estimate of drug-likeness (QED) is 0.890. The highest BCUT2D eigenvalue weighted by atomic mass is 16.5. The fraction of sp³-hybridized carbons (Fsp3) is 0.562. The van der Waals surface area contributed by atoms with Gasteiger partial charge in [0.2, 0.25) is 5.91 Å². The second-order valence-electron chi connectivity index (χ2n) is 5.43. The van der Waals surface area contributed by atoms with Crippen molar-refractivity contribution in [3.63, 3.8) is 0 Å². The fourth-order valence-corrected chi connectivity index (χ4v) is 2.93. The Bertz CT molecular complexity index is 448. The summed E-state index contributed by atoms with van der Waals surface area (Å²) in [5.41, 5.74) is 1.27. The Morgan fingerprint density at radius 2 is 2.25 bits per heavy atom. The van der Waals surface area contributed by atoms with Crippen LogP contribution in [0.2, 0.25) is 0 Å². The van der Waals surface area contributed by atoms with Crippen molar-refractivity contribution >= 4 is 5.91 Å². The Labute approximate surface area is 121 Å². The maximum Gasteiger partial charge on any atom is 0.233 e. The lowest BCUT2D eigenvalue weighted by molar-refractivity contribution is -0.122. The zero-order valence-electron chi connectivity index (χ0n) is 12.4. The van der Waals surface area contributed by atoms with Crippen LogP contribution in [0.4, 0.5) is 0 Å². The van der Waals surface area contributed by atoms with Crippen LogP contribution in [0.5, 0.6) is 5.75 Å². The van der Waals surface area contributed by atoms with E-state index in [1.165, 1.54) is 12.0 Å². The standard InChI is InChI=1S/C16H24N2O2/c1-17-16(19)12-18-9-5-6-13(11-18)10-14-7-3-4-8-15(14)20-2/h3-4,7-8,13H,5-6,9-12H2,1-2H3,(H,17,19)/t13-/m0/s1. The van der Waals surface area contributed by atoms with Crippen LogP contribution in [-0.4, -0.2) is 44.6 Å². The van der Waals surface area contributed by atoms with Gasteiger partial charge in [-0.3, -0.25) is 9.69 Å². The average molecular weight is 276 g/mol. The minimum absolute atomic E-state index is 0.0999. The lowest BCUT2D eigenvalue weighted by Gasteiger charge is -2.32. The van der Waals surface area contributed by atoms with Gasteiger partial charge < -0.3 is 10.1 Å². The molecule has 1 saturated heterocycles. The second kappa shape index (κ2) is 7.29. The highest BCUT2D eigenvalue weighted by Crippen LogP contribution is 2.25. The topological polar surface area (TPSA) is 41.6 Å². The first-order chi connectivity index (χ1) is 9.72. The first-order valence-electron chi connectivity index (χ1n) is 7.27. The Hall–Kier alpha value is -1.55. The van der Waals surface area contributed by atoms with Gasteiger partial charge >= 0.3 is 0 Å². The summed E-state index contributed by atoms with van der Waals surface area (Å²) in [6.45, 7) is 2.53. The van der Waals surface area contributed by atoms with Crippen LogP contribution >= 0.6 is 0 Å². The molecule has 1 aromatic carbocycles. The number of benzene rings is 1. The molecular weight excluding hydrogens is 252 g/mol. The Balaban J connectivity index is 1.94. The maximum atomic E-state index is 11.5. The predicted molar refractivity (Wildman–Crippen MR) is 79.9 cm³/mol. The van der Waals surface area contributed by atoms with Gasteiger partial charge in [0.05, 0.1) is 13.7 Å². The number of methoxy groups -OCH3 is 1. The van der Waals surface area contributed by atoms with Gasteiger partial charge in [0, 0.05) is 13.6 Å². The number of amides is 1. The summed E-state index contributed by atoms with van der Waals surface area (Å²) < 4.78 is 5.42. The molecule has 110 valence electrons. The number of ether oxygens (including phenoxy) is 1. The minimum Gasteiger partial charge on any atom is -0.496 e. The van der Waals surface area contributed by atoms with Crippen LogP contribution in [0.15, 0.2) is 24.3 Å². The van der Waals surface area contributed by atoms with E-state index < -0.39 is 0 Å². The smallest absolute Gasteiger partial charge is 0.233 e. The van der Waals surface area contributed by atoms with Gasteiger partial charge in [0.15, 0.2) is 0 Å². The van der Waals surface area contributed by atoms with Crippen LogP contribution in [0, 0.1) is 5.92 Å². The predicted octanol–water partition coefficient (Wildman–Crippen LogP) is 1.70. The molecule has 0 spiro atoms.